The van der Waals surface area contributed by atoms with E-state index >= 15 is 0 Å². The Labute approximate surface area is 117 Å². The first-order valence-corrected chi connectivity index (χ1v) is 7.23. The first-order valence-electron chi connectivity index (χ1n) is 7.23. The van der Waals surface area contributed by atoms with Crippen molar-refractivity contribution >= 4 is 11.5 Å². The Morgan fingerprint density at radius 1 is 1.26 bits per heavy atom. The largest absolute Gasteiger partial charge is 0.384 e. The van der Waals surface area contributed by atoms with Crippen molar-refractivity contribution in [2.75, 3.05) is 18.0 Å². The summed E-state index contributed by atoms with van der Waals surface area (Å²) in [6.45, 7) is 10.7. The lowest BCUT2D eigenvalue weighted by Gasteiger charge is -2.29. The van der Waals surface area contributed by atoms with Crippen molar-refractivity contribution in [1.29, 1.82) is 5.41 Å². The van der Waals surface area contributed by atoms with Gasteiger partial charge in [0.05, 0.1) is 0 Å². The van der Waals surface area contributed by atoms with Crippen LogP contribution in [0.5, 0.6) is 0 Å². The van der Waals surface area contributed by atoms with Crippen molar-refractivity contribution in [1.82, 2.24) is 0 Å². The number of nitrogen functional groups attached to an aromatic ring is 1. The molecule has 0 saturated heterocycles. The maximum Gasteiger partial charge on any atom is 0.124 e. The number of nitrogens with zero attached hydrogens (tertiary/aromatic N) is 1. The molecule has 1 rings (SSSR count). The molecule has 1 aromatic rings. The van der Waals surface area contributed by atoms with Crippen molar-refractivity contribution in [3.05, 3.63) is 29.3 Å². The van der Waals surface area contributed by atoms with Gasteiger partial charge in [-0.25, -0.2) is 0 Å². The number of aryl methyl sites for hydroxylation is 1. The molecule has 0 radical (unpaired) electrons. The van der Waals surface area contributed by atoms with Gasteiger partial charge in [0.1, 0.15) is 5.84 Å². The van der Waals surface area contributed by atoms with E-state index in [2.05, 4.69) is 37.8 Å². The number of rotatable bonds is 7. The van der Waals surface area contributed by atoms with E-state index in [-0.39, 0.29) is 5.84 Å². The lowest BCUT2D eigenvalue weighted by atomic mass is 10.0. The summed E-state index contributed by atoms with van der Waals surface area (Å²) in [6.07, 6.45) is 2.38. The number of benzene rings is 1. The van der Waals surface area contributed by atoms with E-state index in [0.29, 0.717) is 5.92 Å². The van der Waals surface area contributed by atoms with Gasteiger partial charge in [-0.1, -0.05) is 38.3 Å². The lowest BCUT2D eigenvalue weighted by molar-refractivity contribution is 0.486. The van der Waals surface area contributed by atoms with Crippen molar-refractivity contribution in [3.63, 3.8) is 0 Å². The molecule has 19 heavy (non-hydrogen) atoms. The second-order valence-corrected chi connectivity index (χ2v) is 5.16. The molecule has 3 nitrogen and oxygen atoms in total. The third-order valence-electron chi connectivity index (χ3n) is 3.80. The fourth-order valence-corrected chi connectivity index (χ4v) is 2.40. The molecule has 3 N–H and O–H groups in total. The standard InChI is InChI=1S/C16H27N3/c1-5-13(6-2)11-19(7-3)15-9-8-12(4)10-14(15)16(17)18/h8-10,13H,5-7,11H2,1-4H3,(H3,17,18). The smallest absolute Gasteiger partial charge is 0.124 e. The highest BCUT2D eigenvalue weighted by molar-refractivity contribution is 6.00. The zero-order chi connectivity index (χ0) is 14.4. The predicted molar refractivity (Wildman–Crippen MR) is 84.2 cm³/mol. The fourth-order valence-electron chi connectivity index (χ4n) is 2.40. The minimum atomic E-state index is 0.154. The number of nitrogens with one attached hydrogen (secondary N) is 1. The van der Waals surface area contributed by atoms with Crippen LogP contribution in [-0.4, -0.2) is 18.9 Å². The second-order valence-electron chi connectivity index (χ2n) is 5.16. The minimum Gasteiger partial charge on any atom is -0.384 e. The van der Waals surface area contributed by atoms with Crippen molar-refractivity contribution in [2.24, 2.45) is 11.7 Å². The first-order chi connectivity index (χ1) is 9.03. The highest BCUT2D eigenvalue weighted by Crippen LogP contribution is 2.24. The summed E-state index contributed by atoms with van der Waals surface area (Å²) in [5, 5.41) is 7.76. The van der Waals surface area contributed by atoms with E-state index in [4.69, 9.17) is 11.1 Å². The molecule has 0 saturated carbocycles. The van der Waals surface area contributed by atoms with Gasteiger partial charge in [-0.15, -0.1) is 0 Å². The Kier molecular flexibility index (Phi) is 5.87. The molecule has 1 aromatic carbocycles. The molecule has 0 bridgehead atoms. The third kappa shape index (κ3) is 3.98. The Hall–Kier alpha value is -1.51. The van der Waals surface area contributed by atoms with Gasteiger partial charge < -0.3 is 10.6 Å². The van der Waals surface area contributed by atoms with Crippen LogP contribution in [0, 0.1) is 18.3 Å². The van der Waals surface area contributed by atoms with Crippen LogP contribution in [0.3, 0.4) is 0 Å². The van der Waals surface area contributed by atoms with Crippen molar-refractivity contribution in [2.45, 2.75) is 40.5 Å². The average molecular weight is 261 g/mol. The van der Waals surface area contributed by atoms with Gasteiger partial charge in [0.25, 0.3) is 0 Å². The normalized spacial score (nSPS) is 10.8. The van der Waals surface area contributed by atoms with Gasteiger partial charge in [-0.05, 0) is 31.9 Å². The summed E-state index contributed by atoms with van der Waals surface area (Å²) >= 11 is 0. The molecule has 0 aliphatic heterocycles. The summed E-state index contributed by atoms with van der Waals surface area (Å²) in [6, 6.07) is 6.20. The maximum absolute atomic E-state index is 7.76. The molecular formula is C16H27N3. The molecule has 0 amide bonds. The SMILES string of the molecule is CCC(CC)CN(CC)c1ccc(C)cc1C(=N)N. The molecule has 0 fully saturated rings. The number of hydrogen-bond donors (Lipinski definition) is 2. The minimum absolute atomic E-state index is 0.154. The zero-order valence-corrected chi connectivity index (χ0v) is 12.7. The number of hydrogen-bond acceptors (Lipinski definition) is 2. The Bertz CT molecular complexity index is 422. The fraction of sp³-hybridized carbons (Fsp3) is 0.562. The monoisotopic (exact) mass is 261 g/mol. The summed E-state index contributed by atoms with van der Waals surface area (Å²) in [4.78, 5) is 2.34. The molecule has 3 heteroatoms. The van der Waals surface area contributed by atoms with Gasteiger partial charge in [0.2, 0.25) is 0 Å². The van der Waals surface area contributed by atoms with E-state index in [0.717, 1.165) is 29.9 Å². The number of amidine groups is 1. The molecule has 0 atom stereocenters. The molecule has 106 valence electrons. The second kappa shape index (κ2) is 7.17. The maximum atomic E-state index is 7.76. The van der Waals surface area contributed by atoms with E-state index in [1.54, 1.807) is 0 Å². The molecule has 0 aliphatic carbocycles. The molecule has 0 spiro atoms. The van der Waals surface area contributed by atoms with Gasteiger partial charge in [-0.3, -0.25) is 5.41 Å². The number of anilines is 1. The highest BCUT2D eigenvalue weighted by Gasteiger charge is 2.15. The molecular weight excluding hydrogens is 234 g/mol. The van der Waals surface area contributed by atoms with E-state index in [1.807, 2.05) is 13.0 Å². The molecule has 0 unspecified atom stereocenters. The van der Waals surface area contributed by atoms with Crippen molar-refractivity contribution < 1.29 is 0 Å². The summed E-state index contributed by atoms with van der Waals surface area (Å²) < 4.78 is 0. The Morgan fingerprint density at radius 2 is 1.89 bits per heavy atom. The van der Waals surface area contributed by atoms with Crippen LogP contribution in [0.25, 0.3) is 0 Å². The predicted octanol–water partition coefficient (Wildman–Crippen LogP) is 3.54. The third-order valence-corrected chi connectivity index (χ3v) is 3.80. The van der Waals surface area contributed by atoms with Crippen LogP contribution >= 0.6 is 0 Å². The van der Waals surface area contributed by atoms with E-state index < -0.39 is 0 Å². The van der Waals surface area contributed by atoms with Crippen LogP contribution in [-0.2, 0) is 0 Å². The van der Waals surface area contributed by atoms with Crippen LogP contribution < -0.4 is 10.6 Å². The van der Waals surface area contributed by atoms with Crippen molar-refractivity contribution in [3.8, 4) is 0 Å². The van der Waals surface area contributed by atoms with Gasteiger partial charge in [0, 0.05) is 24.3 Å². The van der Waals surface area contributed by atoms with E-state index in [1.165, 1.54) is 12.8 Å². The summed E-state index contributed by atoms with van der Waals surface area (Å²) in [5.41, 5.74) is 8.82. The van der Waals surface area contributed by atoms with Gasteiger partial charge >= 0.3 is 0 Å². The lowest BCUT2D eigenvalue weighted by Crippen LogP contribution is -2.31. The van der Waals surface area contributed by atoms with Crippen LogP contribution in [0.15, 0.2) is 18.2 Å². The average Bonchev–Trinajstić information content (AvgIpc) is 2.40. The zero-order valence-electron chi connectivity index (χ0n) is 12.7. The molecule has 0 aromatic heterocycles. The Balaban J connectivity index is 3.07. The quantitative estimate of drug-likeness (QED) is 0.582. The summed E-state index contributed by atoms with van der Waals surface area (Å²) in [5.74, 6) is 0.850. The van der Waals surface area contributed by atoms with Crippen LogP contribution in [0.4, 0.5) is 5.69 Å². The molecule has 0 aliphatic rings. The summed E-state index contributed by atoms with van der Waals surface area (Å²) in [7, 11) is 0. The number of nitrogens with two attached hydrogens (primary N) is 1. The van der Waals surface area contributed by atoms with Gasteiger partial charge in [-0.2, -0.15) is 0 Å². The Morgan fingerprint density at radius 3 is 2.37 bits per heavy atom. The van der Waals surface area contributed by atoms with E-state index in [9.17, 15) is 0 Å². The molecule has 0 heterocycles. The van der Waals surface area contributed by atoms with Crippen LogP contribution in [0.2, 0.25) is 0 Å². The highest BCUT2D eigenvalue weighted by atomic mass is 15.1. The first kappa shape index (κ1) is 15.5. The topological polar surface area (TPSA) is 53.1 Å². The van der Waals surface area contributed by atoms with Gasteiger partial charge in [0.15, 0.2) is 0 Å². The van der Waals surface area contributed by atoms with Crippen LogP contribution in [0.1, 0.15) is 44.7 Å².